The highest BCUT2D eigenvalue weighted by Gasteiger charge is 2.21. The lowest BCUT2D eigenvalue weighted by Crippen LogP contribution is -2.39. The van der Waals surface area contributed by atoms with E-state index in [2.05, 4.69) is 10.3 Å². The van der Waals surface area contributed by atoms with Crippen LogP contribution in [0.1, 0.15) is 23.5 Å². The SMILES string of the molecule is CC(C)CN(CC(=O)Nc1nc(-c2ccccc2)cs1)C(=O)c1cccs1. The normalized spacial score (nSPS) is 10.8. The summed E-state index contributed by atoms with van der Waals surface area (Å²) in [6, 6.07) is 13.4. The number of nitrogens with zero attached hydrogens (tertiary/aromatic N) is 2. The van der Waals surface area contributed by atoms with Crippen LogP contribution >= 0.6 is 22.7 Å². The van der Waals surface area contributed by atoms with E-state index in [1.165, 1.54) is 22.7 Å². The van der Waals surface area contributed by atoms with E-state index in [1.807, 2.05) is 61.0 Å². The van der Waals surface area contributed by atoms with E-state index < -0.39 is 0 Å². The van der Waals surface area contributed by atoms with Crippen LogP contribution in [0.5, 0.6) is 0 Å². The van der Waals surface area contributed by atoms with Crippen molar-refractivity contribution in [2.45, 2.75) is 13.8 Å². The van der Waals surface area contributed by atoms with E-state index >= 15 is 0 Å². The number of carbonyl (C=O) groups is 2. The molecule has 3 rings (SSSR count). The average Bonchev–Trinajstić information content (AvgIpc) is 3.33. The fraction of sp³-hybridized carbons (Fsp3) is 0.250. The molecule has 0 radical (unpaired) electrons. The third-order valence-electron chi connectivity index (χ3n) is 3.76. The van der Waals surface area contributed by atoms with Crippen LogP contribution in [0, 0.1) is 5.92 Å². The Morgan fingerprint density at radius 1 is 1.11 bits per heavy atom. The van der Waals surface area contributed by atoms with Crippen molar-refractivity contribution in [1.29, 1.82) is 0 Å². The number of thiophene rings is 1. The number of hydrogen-bond donors (Lipinski definition) is 1. The van der Waals surface area contributed by atoms with E-state index in [4.69, 9.17) is 0 Å². The zero-order valence-electron chi connectivity index (χ0n) is 15.2. The van der Waals surface area contributed by atoms with Crippen molar-refractivity contribution in [2.75, 3.05) is 18.4 Å². The van der Waals surface area contributed by atoms with Gasteiger partial charge in [-0.15, -0.1) is 22.7 Å². The lowest BCUT2D eigenvalue weighted by Gasteiger charge is -2.23. The van der Waals surface area contributed by atoms with Crippen molar-refractivity contribution in [3.8, 4) is 11.3 Å². The summed E-state index contributed by atoms with van der Waals surface area (Å²) in [5.74, 6) is -0.0845. The van der Waals surface area contributed by atoms with Crippen LogP contribution in [0.2, 0.25) is 0 Å². The minimum absolute atomic E-state index is 0.00909. The Morgan fingerprint density at radius 3 is 2.56 bits per heavy atom. The first kappa shape index (κ1) is 19.3. The summed E-state index contributed by atoms with van der Waals surface area (Å²) >= 11 is 2.76. The van der Waals surface area contributed by atoms with Gasteiger partial charge in [-0.3, -0.25) is 9.59 Å². The van der Waals surface area contributed by atoms with Gasteiger partial charge in [0.25, 0.3) is 5.91 Å². The summed E-state index contributed by atoms with van der Waals surface area (Å²) in [7, 11) is 0. The first-order valence-corrected chi connectivity index (χ1v) is 10.4. The van der Waals surface area contributed by atoms with E-state index in [0.29, 0.717) is 16.6 Å². The van der Waals surface area contributed by atoms with Gasteiger partial charge < -0.3 is 10.2 Å². The predicted octanol–water partition coefficient (Wildman–Crippen LogP) is 4.61. The van der Waals surface area contributed by atoms with Crippen molar-refractivity contribution in [2.24, 2.45) is 5.92 Å². The van der Waals surface area contributed by atoms with Gasteiger partial charge in [-0.25, -0.2) is 4.98 Å². The fourth-order valence-electron chi connectivity index (χ4n) is 2.62. The van der Waals surface area contributed by atoms with Crippen LogP contribution in [0.4, 0.5) is 5.13 Å². The van der Waals surface area contributed by atoms with Gasteiger partial charge in [-0.05, 0) is 17.4 Å². The number of rotatable bonds is 7. The van der Waals surface area contributed by atoms with Gasteiger partial charge in [0, 0.05) is 17.5 Å². The maximum Gasteiger partial charge on any atom is 0.264 e. The molecule has 0 bridgehead atoms. The molecule has 2 aromatic heterocycles. The van der Waals surface area contributed by atoms with Crippen LogP contribution in [-0.4, -0.2) is 34.8 Å². The Kier molecular flexibility index (Phi) is 6.36. The van der Waals surface area contributed by atoms with Gasteiger partial charge in [0.05, 0.1) is 10.6 Å². The Bertz CT molecular complexity index is 889. The van der Waals surface area contributed by atoms with E-state index in [0.717, 1.165) is 11.3 Å². The number of anilines is 1. The number of benzene rings is 1. The topological polar surface area (TPSA) is 62.3 Å². The number of aromatic nitrogens is 1. The second-order valence-corrected chi connectivity index (χ2v) is 8.31. The molecule has 2 heterocycles. The van der Waals surface area contributed by atoms with Crippen LogP contribution in [0.15, 0.2) is 53.2 Å². The molecule has 5 nitrogen and oxygen atoms in total. The Labute approximate surface area is 166 Å². The molecule has 0 atom stereocenters. The molecular formula is C20H21N3O2S2. The molecule has 1 aromatic carbocycles. The molecule has 7 heteroatoms. The zero-order chi connectivity index (χ0) is 19.2. The molecule has 0 unspecified atom stereocenters. The second-order valence-electron chi connectivity index (χ2n) is 6.51. The molecule has 1 N–H and O–H groups in total. The highest BCUT2D eigenvalue weighted by molar-refractivity contribution is 7.14. The summed E-state index contributed by atoms with van der Waals surface area (Å²) < 4.78 is 0. The van der Waals surface area contributed by atoms with Crippen LogP contribution in [-0.2, 0) is 4.79 Å². The first-order valence-electron chi connectivity index (χ1n) is 8.66. The third-order valence-corrected chi connectivity index (χ3v) is 5.37. The zero-order valence-corrected chi connectivity index (χ0v) is 16.8. The number of hydrogen-bond acceptors (Lipinski definition) is 5. The highest BCUT2D eigenvalue weighted by atomic mass is 32.1. The lowest BCUT2D eigenvalue weighted by molar-refractivity contribution is -0.117. The monoisotopic (exact) mass is 399 g/mol. The van der Waals surface area contributed by atoms with Crippen molar-refractivity contribution < 1.29 is 9.59 Å². The van der Waals surface area contributed by atoms with Crippen LogP contribution in [0.3, 0.4) is 0 Å². The van der Waals surface area contributed by atoms with Crippen LogP contribution in [0.25, 0.3) is 11.3 Å². The average molecular weight is 400 g/mol. The molecule has 0 aliphatic rings. The molecule has 0 saturated heterocycles. The maximum atomic E-state index is 12.7. The number of amides is 2. The standard InChI is InChI=1S/C20H21N3O2S2/c1-14(2)11-23(19(25)17-9-6-10-26-17)12-18(24)22-20-21-16(13-27-20)15-7-4-3-5-8-15/h3-10,13-14H,11-12H2,1-2H3,(H,21,22,24). The molecule has 2 amide bonds. The molecular weight excluding hydrogens is 378 g/mol. The Balaban J connectivity index is 1.66. The third kappa shape index (κ3) is 5.24. The van der Waals surface area contributed by atoms with Crippen molar-refractivity contribution in [3.63, 3.8) is 0 Å². The molecule has 0 aliphatic carbocycles. The quantitative estimate of drug-likeness (QED) is 0.631. The van der Waals surface area contributed by atoms with Gasteiger partial charge in [0.1, 0.15) is 6.54 Å². The van der Waals surface area contributed by atoms with Crippen molar-refractivity contribution in [1.82, 2.24) is 9.88 Å². The predicted molar refractivity (Wildman–Crippen MR) is 111 cm³/mol. The van der Waals surface area contributed by atoms with Crippen molar-refractivity contribution in [3.05, 3.63) is 58.1 Å². The Hall–Kier alpha value is -2.51. The van der Waals surface area contributed by atoms with E-state index in [-0.39, 0.29) is 24.3 Å². The second kappa shape index (κ2) is 8.92. The summed E-state index contributed by atoms with van der Waals surface area (Å²) in [5.41, 5.74) is 1.83. The minimum atomic E-state index is -0.241. The van der Waals surface area contributed by atoms with Gasteiger partial charge in [0.15, 0.2) is 5.13 Å². The molecule has 140 valence electrons. The summed E-state index contributed by atoms with van der Waals surface area (Å²) in [4.78, 5) is 31.9. The van der Waals surface area contributed by atoms with Crippen LogP contribution < -0.4 is 5.32 Å². The summed E-state index contributed by atoms with van der Waals surface area (Å²) in [5, 5.41) is 7.12. The first-order chi connectivity index (χ1) is 13.0. The van der Waals surface area contributed by atoms with Gasteiger partial charge in [0.2, 0.25) is 5.91 Å². The van der Waals surface area contributed by atoms with Gasteiger partial charge in [-0.2, -0.15) is 0 Å². The van der Waals surface area contributed by atoms with E-state index in [9.17, 15) is 9.59 Å². The molecule has 0 fully saturated rings. The summed E-state index contributed by atoms with van der Waals surface area (Å²) in [6.07, 6.45) is 0. The highest BCUT2D eigenvalue weighted by Crippen LogP contribution is 2.24. The van der Waals surface area contributed by atoms with Gasteiger partial charge in [-0.1, -0.05) is 50.2 Å². The largest absolute Gasteiger partial charge is 0.328 e. The fourth-order valence-corrected chi connectivity index (χ4v) is 4.05. The number of thiazole rings is 1. The molecule has 27 heavy (non-hydrogen) atoms. The van der Waals surface area contributed by atoms with Gasteiger partial charge >= 0.3 is 0 Å². The maximum absolute atomic E-state index is 12.7. The summed E-state index contributed by atoms with van der Waals surface area (Å²) in [6.45, 7) is 4.59. The Morgan fingerprint density at radius 2 is 1.89 bits per heavy atom. The lowest BCUT2D eigenvalue weighted by atomic mass is 10.2. The smallest absolute Gasteiger partial charge is 0.264 e. The van der Waals surface area contributed by atoms with E-state index in [1.54, 1.807) is 11.0 Å². The molecule has 0 aliphatic heterocycles. The molecule has 0 saturated carbocycles. The molecule has 3 aromatic rings. The number of nitrogens with one attached hydrogen (secondary N) is 1. The molecule has 0 spiro atoms. The van der Waals surface area contributed by atoms with Crippen molar-refractivity contribution >= 4 is 39.6 Å². The minimum Gasteiger partial charge on any atom is -0.328 e. The number of carbonyl (C=O) groups excluding carboxylic acids is 2.